The molecule has 1 fully saturated rings. The minimum atomic E-state index is -0.643. The second-order valence-electron chi connectivity index (χ2n) is 8.29. The average Bonchev–Trinajstić information content (AvgIpc) is 3.26. The maximum Gasteiger partial charge on any atom is 0.308 e. The molecule has 1 aliphatic rings. The number of nitrogens with one attached hydrogen (secondary N) is 2. The maximum absolute atomic E-state index is 12.4. The molecule has 11 heteroatoms. The number of fused-ring (bicyclic) bond motifs is 1. The highest BCUT2D eigenvalue weighted by Crippen LogP contribution is 2.37. The Labute approximate surface area is 179 Å². The summed E-state index contributed by atoms with van der Waals surface area (Å²) in [5.41, 5.74) is -0.115. The lowest BCUT2D eigenvalue weighted by Crippen LogP contribution is -2.29. The molecule has 31 heavy (non-hydrogen) atoms. The Hall–Kier alpha value is -2.79. The van der Waals surface area contributed by atoms with Crippen LogP contribution in [0.4, 0.5) is 5.95 Å². The first kappa shape index (κ1) is 22.9. The average molecular weight is 435 g/mol. The number of carbonyl (C=O) groups excluding carboxylic acids is 2. The van der Waals surface area contributed by atoms with Crippen LogP contribution in [0.15, 0.2) is 11.1 Å². The van der Waals surface area contributed by atoms with Gasteiger partial charge in [0.2, 0.25) is 11.9 Å². The SMILES string of the molecule is CO[C@@H]1[C@H](C)[C@@H](COC(=O)C(C)C)O[C@H]1n1cnc2c(=O)[nH]c(NC(=O)C(C)C)nc21. The Balaban J connectivity index is 1.90. The smallest absolute Gasteiger partial charge is 0.308 e. The van der Waals surface area contributed by atoms with E-state index in [-0.39, 0.29) is 53.3 Å². The Bertz CT molecular complexity index is 1010. The van der Waals surface area contributed by atoms with Crippen molar-refractivity contribution in [2.45, 2.75) is 53.1 Å². The van der Waals surface area contributed by atoms with Gasteiger partial charge in [-0.25, -0.2) is 4.98 Å². The van der Waals surface area contributed by atoms with Gasteiger partial charge in [0.05, 0.1) is 18.3 Å². The van der Waals surface area contributed by atoms with E-state index in [2.05, 4.69) is 20.3 Å². The summed E-state index contributed by atoms with van der Waals surface area (Å²) in [5.74, 6) is -1.17. The van der Waals surface area contributed by atoms with Crippen molar-refractivity contribution in [1.82, 2.24) is 19.5 Å². The fourth-order valence-electron chi connectivity index (χ4n) is 3.36. The molecule has 0 spiro atoms. The summed E-state index contributed by atoms with van der Waals surface area (Å²) in [6.45, 7) is 9.02. The number of H-pyrrole nitrogens is 1. The van der Waals surface area contributed by atoms with Gasteiger partial charge in [-0.1, -0.05) is 34.6 Å². The highest BCUT2D eigenvalue weighted by Gasteiger charge is 2.44. The molecule has 2 aromatic rings. The summed E-state index contributed by atoms with van der Waals surface area (Å²) in [7, 11) is 1.56. The third kappa shape index (κ3) is 4.62. The molecule has 1 aliphatic heterocycles. The molecular weight excluding hydrogens is 406 g/mol. The molecule has 1 saturated heterocycles. The zero-order valence-corrected chi connectivity index (χ0v) is 18.5. The normalized spacial score (nSPS) is 23.6. The Kier molecular flexibility index (Phi) is 6.75. The van der Waals surface area contributed by atoms with Crippen LogP contribution in [0.25, 0.3) is 11.2 Å². The van der Waals surface area contributed by atoms with Crippen molar-refractivity contribution in [1.29, 1.82) is 0 Å². The number of aromatic nitrogens is 4. The van der Waals surface area contributed by atoms with E-state index in [1.54, 1.807) is 39.4 Å². The van der Waals surface area contributed by atoms with Crippen molar-refractivity contribution in [3.63, 3.8) is 0 Å². The molecule has 4 atom stereocenters. The molecule has 0 radical (unpaired) electrons. The number of methoxy groups -OCH3 is 1. The second kappa shape index (κ2) is 9.15. The van der Waals surface area contributed by atoms with Crippen LogP contribution in [0.5, 0.6) is 0 Å². The van der Waals surface area contributed by atoms with Crippen LogP contribution in [0.3, 0.4) is 0 Å². The van der Waals surface area contributed by atoms with Crippen molar-refractivity contribution in [2.75, 3.05) is 19.0 Å². The summed E-state index contributed by atoms with van der Waals surface area (Å²) in [4.78, 5) is 47.4. The van der Waals surface area contributed by atoms with E-state index < -0.39 is 24.0 Å². The molecular formula is C20H29N5O6. The van der Waals surface area contributed by atoms with E-state index >= 15 is 0 Å². The van der Waals surface area contributed by atoms with Gasteiger partial charge >= 0.3 is 5.97 Å². The van der Waals surface area contributed by atoms with Gasteiger partial charge in [-0.2, -0.15) is 4.98 Å². The molecule has 0 aliphatic carbocycles. The third-order valence-corrected chi connectivity index (χ3v) is 5.31. The van der Waals surface area contributed by atoms with Gasteiger partial charge in [0.25, 0.3) is 5.56 Å². The zero-order valence-electron chi connectivity index (χ0n) is 18.5. The van der Waals surface area contributed by atoms with Crippen LogP contribution >= 0.6 is 0 Å². The fourth-order valence-corrected chi connectivity index (χ4v) is 3.36. The monoisotopic (exact) mass is 435 g/mol. The molecule has 0 unspecified atom stereocenters. The topological polar surface area (TPSA) is 137 Å². The van der Waals surface area contributed by atoms with Crippen molar-refractivity contribution in [2.24, 2.45) is 17.8 Å². The summed E-state index contributed by atoms with van der Waals surface area (Å²) in [6.07, 6.45) is 0.00946. The lowest BCUT2D eigenvalue weighted by atomic mass is 10.0. The number of nitrogens with zero attached hydrogens (tertiary/aromatic N) is 3. The number of ether oxygens (including phenoxy) is 3. The van der Waals surface area contributed by atoms with Gasteiger partial charge in [0, 0.05) is 18.9 Å². The van der Waals surface area contributed by atoms with Crippen molar-refractivity contribution in [3.05, 3.63) is 16.7 Å². The minimum Gasteiger partial charge on any atom is -0.463 e. The number of esters is 1. The number of hydrogen-bond donors (Lipinski definition) is 2. The summed E-state index contributed by atoms with van der Waals surface area (Å²) in [6, 6.07) is 0. The predicted molar refractivity (Wildman–Crippen MR) is 111 cm³/mol. The molecule has 11 nitrogen and oxygen atoms in total. The summed E-state index contributed by atoms with van der Waals surface area (Å²) in [5, 5.41) is 2.59. The van der Waals surface area contributed by atoms with Crippen LogP contribution in [0.1, 0.15) is 40.8 Å². The first-order chi connectivity index (χ1) is 14.6. The first-order valence-electron chi connectivity index (χ1n) is 10.3. The summed E-state index contributed by atoms with van der Waals surface area (Å²) >= 11 is 0. The molecule has 0 aromatic carbocycles. The lowest BCUT2D eigenvalue weighted by molar-refractivity contribution is -0.152. The van der Waals surface area contributed by atoms with Crippen LogP contribution in [-0.2, 0) is 23.8 Å². The van der Waals surface area contributed by atoms with Crippen molar-refractivity contribution in [3.8, 4) is 0 Å². The van der Waals surface area contributed by atoms with E-state index in [9.17, 15) is 14.4 Å². The third-order valence-electron chi connectivity index (χ3n) is 5.31. The molecule has 3 rings (SSSR count). The largest absolute Gasteiger partial charge is 0.463 e. The van der Waals surface area contributed by atoms with Gasteiger partial charge in [-0.15, -0.1) is 0 Å². The van der Waals surface area contributed by atoms with Crippen molar-refractivity contribution < 1.29 is 23.8 Å². The van der Waals surface area contributed by atoms with Crippen LogP contribution in [0.2, 0.25) is 0 Å². The Morgan fingerprint density at radius 1 is 1.29 bits per heavy atom. The van der Waals surface area contributed by atoms with Gasteiger partial charge in [-0.05, 0) is 0 Å². The van der Waals surface area contributed by atoms with Crippen LogP contribution in [-0.4, -0.2) is 57.3 Å². The van der Waals surface area contributed by atoms with E-state index in [4.69, 9.17) is 14.2 Å². The molecule has 3 heterocycles. The number of amides is 1. The summed E-state index contributed by atoms with van der Waals surface area (Å²) < 4.78 is 18.7. The molecule has 2 N–H and O–H groups in total. The van der Waals surface area contributed by atoms with Gasteiger partial charge in [-0.3, -0.25) is 29.3 Å². The first-order valence-corrected chi connectivity index (χ1v) is 10.3. The van der Waals surface area contributed by atoms with E-state index in [1.165, 1.54) is 6.33 Å². The fraction of sp³-hybridized carbons (Fsp3) is 0.650. The van der Waals surface area contributed by atoms with Crippen molar-refractivity contribution >= 4 is 29.0 Å². The van der Waals surface area contributed by atoms with E-state index in [0.717, 1.165) is 0 Å². The predicted octanol–water partition coefficient (Wildman–Crippen LogP) is 1.46. The molecule has 170 valence electrons. The van der Waals surface area contributed by atoms with Gasteiger partial charge < -0.3 is 14.2 Å². The number of anilines is 1. The quantitative estimate of drug-likeness (QED) is 0.624. The number of hydrogen-bond acceptors (Lipinski definition) is 8. The van der Waals surface area contributed by atoms with Gasteiger partial charge in [0.1, 0.15) is 12.7 Å². The molecule has 1 amide bonds. The highest BCUT2D eigenvalue weighted by atomic mass is 16.6. The van der Waals surface area contributed by atoms with E-state index in [0.29, 0.717) is 0 Å². The standard InChI is InChI=1S/C20H29N5O6/c1-9(2)16(26)23-20-22-15-13(17(27)24-20)21-8-25(15)18-14(29-6)11(5)12(31-18)7-30-19(28)10(3)4/h8-12,14,18H,7H2,1-6H3,(H2,22,23,24,26,27)/t11-,12-,14-,18-/m1/s1. The lowest BCUT2D eigenvalue weighted by Gasteiger charge is -2.20. The van der Waals surface area contributed by atoms with Gasteiger partial charge in [0.15, 0.2) is 17.4 Å². The van der Waals surface area contributed by atoms with E-state index in [1.807, 2.05) is 6.92 Å². The molecule has 0 saturated carbocycles. The second-order valence-corrected chi connectivity index (χ2v) is 8.29. The number of carbonyl (C=O) groups is 2. The zero-order chi connectivity index (χ0) is 22.9. The van der Waals surface area contributed by atoms with Crippen LogP contribution < -0.4 is 10.9 Å². The Morgan fingerprint density at radius 2 is 2.00 bits per heavy atom. The minimum absolute atomic E-state index is 0.0281. The number of imidazole rings is 1. The van der Waals surface area contributed by atoms with Crippen LogP contribution in [0, 0.1) is 17.8 Å². The molecule has 2 aromatic heterocycles. The highest BCUT2D eigenvalue weighted by molar-refractivity contribution is 5.91. The maximum atomic E-state index is 12.4. The Morgan fingerprint density at radius 3 is 2.61 bits per heavy atom. The number of rotatable bonds is 7. The number of aromatic amines is 1. The molecule has 0 bridgehead atoms.